The van der Waals surface area contributed by atoms with Crippen LogP contribution in [0.25, 0.3) is 0 Å². The molecule has 0 aromatic carbocycles. The minimum atomic E-state index is -1.32. The number of hydrogen-bond donors (Lipinski definition) is 6. The van der Waals surface area contributed by atoms with Gasteiger partial charge in [-0.1, -0.05) is 84.0 Å². The molecule has 0 fully saturated rings. The SMILES string of the molecule is CCCCCCCCCCCCCCCC(=O)NC(CCCN)C(=O)NC(CO)C(=O)NC(CO)C(C)=O. The van der Waals surface area contributed by atoms with Crippen molar-refractivity contribution in [2.24, 2.45) is 5.73 Å². The number of rotatable bonds is 25. The number of Topliss-reactive ketones (excluding diaryl/α,β-unsaturated/α-hetero) is 1. The normalized spacial score (nSPS) is 13.4. The van der Waals surface area contributed by atoms with E-state index in [4.69, 9.17) is 5.73 Å². The lowest BCUT2D eigenvalue weighted by Crippen LogP contribution is -2.57. The fourth-order valence-electron chi connectivity index (χ4n) is 4.18. The van der Waals surface area contributed by atoms with Gasteiger partial charge in [-0.2, -0.15) is 0 Å². The van der Waals surface area contributed by atoms with Crippen LogP contribution in [-0.4, -0.2) is 71.6 Å². The lowest BCUT2D eigenvalue weighted by molar-refractivity contribution is -0.134. The number of ketones is 1. The molecule has 0 aliphatic rings. The fourth-order valence-corrected chi connectivity index (χ4v) is 4.18. The van der Waals surface area contributed by atoms with Gasteiger partial charge in [-0.15, -0.1) is 0 Å². The molecule has 0 aliphatic carbocycles. The second-order valence-electron chi connectivity index (χ2n) is 10.1. The molecule has 0 bridgehead atoms. The number of amides is 3. The zero-order valence-electron chi connectivity index (χ0n) is 23.8. The van der Waals surface area contributed by atoms with Crippen molar-refractivity contribution < 1.29 is 29.4 Å². The summed E-state index contributed by atoms with van der Waals surface area (Å²) in [6.07, 6.45) is 16.9. The minimum absolute atomic E-state index is 0.243. The first-order valence-electron chi connectivity index (χ1n) is 14.6. The maximum absolute atomic E-state index is 12.8. The van der Waals surface area contributed by atoms with E-state index in [1.54, 1.807) is 0 Å². The standard InChI is InChI=1S/C28H54N4O6/c1-3-4-5-6-7-8-9-10-11-12-13-14-15-18-26(36)30-23(17-16-19-29)27(37)32-25(21-34)28(38)31-24(20-33)22(2)35/h23-25,33-34H,3-21,29H2,1-2H3,(H,30,36)(H,31,38)(H,32,37). The molecule has 0 heterocycles. The van der Waals surface area contributed by atoms with Crippen molar-refractivity contribution in [3.63, 3.8) is 0 Å². The van der Waals surface area contributed by atoms with E-state index in [9.17, 15) is 29.4 Å². The van der Waals surface area contributed by atoms with Crippen molar-refractivity contribution in [3.05, 3.63) is 0 Å². The molecule has 0 aromatic heterocycles. The average Bonchev–Trinajstić information content (AvgIpc) is 2.90. The van der Waals surface area contributed by atoms with Gasteiger partial charge in [-0.05, 0) is 32.7 Å². The highest BCUT2D eigenvalue weighted by Gasteiger charge is 2.28. The van der Waals surface area contributed by atoms with Gasteiger partial charge in [0.2, 0.25) is 17.7 Å². The largest absolute Gasteiger partial charge is 0.394 e. The Balaban J connectivity index is 4.34. The lowest BCUT2D eigenvalue weighted by atomic mass is 10.0. The molecule has 0 aromatic rings. The maximum atomic E-state index is 12.8. The quantitative estimate of drug-likeness (QED) is 0.0960. The summed E-state index contributed by atoms with van der Waals surface area (Å²) >= 11 is 0. The summed E-state index contributed by atoms with van der Waals surface area (Å²) in [6, 6.07) is -3.34. The Labute approximate surface area is 229 Å². The van der Waals surface area contributed by atoms with Crippen LogP contribution in [0.15, 0.2) is 0 Å². The van der Waals surface area contributed by atoms with Crippen LogP contribution >= 0.6 is 0 Å². The molecule has 222 valence electrons. The van der Waals surface area contributed by atoms with E-state index in [2.05, 4.69) is 22.9 Å². The van der Waals surface area contributed by atoms with E-state index in [1.807, 2.05) is 0 Å². The maximum Gasteiger partial charge on any atom is 0.245 e. The van der Waals surface area contributed by atoms with Crippen LogP contribution in [0.2, 0.25) is 0 Å². The van der Waals surface area contributed by atoms with Crippen molar-refractivity contribution >= 4 is 23.5 Å². The van der Waals surface area contributed by atoms with E-state index in [1.165, 1.54) is 71.1 Å². The molecule has 0 spiro atoms. The zero-order valence-corrected chi connectivity index (χ0v) is 23.8. The lowest BCUT2D eigenvalue weighted by Gasteiger charge is -2.23. The number of unbranched alkanes of at least 4 members (excludes halogenated alkanes) is 12. The molecule has 10 heteroatoms. The van der Waals surface area contributed by atoms with Crippen LogP contribution in [0, 0.1) is 0 Å². The molecule has 3 unspecified atom stereocenters. The Bertz CT molecular complexity index is 661. The first-order valence-corrected chi connectivity index (χ1v) is 14.6. The summed E-state index contributed by atoms with van der Waals surface area (Å²) in [5, 5.41) is 26.2. The van der Waals surface area contributed by atoms with Crippen LogP contribution in [0.5, 0.6) is 0 Å². The predicted octanol–water partition coefficient (Wildman–Crippen LogP) is 2.23. The highest BCUT2D eigenvalue weighted by atomic mass is 16.3. The van der Waals surface area contributed by atoms with Crippen molar-refractivity contribution in [3.8, 4) is 0 Å². The smallest absolute Gasteiger partial charge is 0.245 e. The first-order chi connectivity index (χ1) is 18.3. The van der Waals surface area contributed by atoms with Crippen LogP contribution in [0.1, 0.15) is 117 Å². The van der Waals surface area contributed by atoms with Crippen LogP contribution in [0.3, 0.4) is 0 Å². The molecule has 10 nitrogen and oxygen atoms in total. The van der Waals surface area contributed by atoms with Gasteiger partial charge in [0.1, 0.15) is 18.1 Å². The molecular formula is C28H54N4O6. The van der Waals surface area contributed by atoms with Gasteiger partial charge in [0, 0.05) is 6.42 Å². The topological polar surface area (TPSA) is 171 Å². The molecule has 3 atom stereocenters. The van der Waals surface area contributed by atoms with Crippen molar-refractivity contribution in [1.82, 2.24) is 16.0 Å². The summed E-state index contributed by atoms with van der Waals surface area (Å²) in [6.45, 7) is 2.48. The minimum Gasteiger partial charge on any atom is -0.394 e. The molecule has 38 heavy (non-hydrogen) atoms. The molecule has 3 amide bonds. The Kier molecular flexibility index (Phi) is 22.7. The number of hydrogen-bond acceptors (Lipinski definition) is 7. The summed E-state index contributed by atoms with van der Waals surface area (Å²) in [5.74, 6) is -2.11. The Morgan fingerprint density at radius 3 is 1.53 bits per heavy atom. The van der Waals surface area contributed by atoms with E-state index in [-0.39, 0.29) is 5.91 Å². The van der Waals surface area contributed by atoms with E-state index in [0.29, 0.717) is 25.8 Å². The number of carbonyl (C=O) groups is 4. The predicted molar refractivity (Wildman–Crippen MR) is 149 cm³/mol. The van der Waals surface area contributed by atoms with Gasteiger partial charge in [0.15, 0.2) is 5.78 Å². The number of nitrogens with two attached hydrogens (primary N) is 1. The molecule has 0 saturated heterocycles. The van der Waals surface area contributed by atoms with Gasteiger partial charge in [0.25, 0.3) is 0 Å². The number of carbonyl (C=O) groups excluding carboxylic acids is 4. The number of aliphatic hydroxyl groups excluding tert-OH is 2. The molecule has 0 saturated carbocycles. The molecule has 0 rings (SSSR count). The molecule has 7 N–H and O–H groups in total. The van der Waals surface area contributed by atoms with Crippen LogP contribution < -0.4 is 21.7 Å². The zero-order chi connectivity index (χ0) is 28.6. The molecule has 0 radical (unpaired) electrons. The summed E-state index contributed by atoms with van der Waals surface area (Å²) in [7, 11) is 0. The van der Waals surface area contributed by atoms with E-state index in [0.717, 1.165) is 19.3 Å². The molecular weight excluding hydrogens is 488 g/mol. The third kappa shape index (κ3) is 18.3. The van der Waals surface area contributed by atoms with Crippen molar-refractivity contribution in [1.29, 1.82) is 0 Å². The van der Waals surface area contributed by atoms with Crippen molar-refractivity contribution in [2.45, 2.75) is 135 Å². The fraction of sp³-hybridized carbons (Fsp3) is 0.857. The van der Waals surface area contributed by atoms with E-state index >= 15 is 0 Å². The van der Waals surface area contributed by atoms with Gasteiger partial charge < -0.3 is 31.9 Å². The monoisotopic (exact) mass is 542 g/mol. The summed E-state index contributed by atoms with van der Waals surface area (Å²) < 4.78 is 0. The third-order valence-electron chi connectivity index (χ3n) is 6.66. The Hall–Kier alpha value is -2.04. The second-order valence-corrected chi connectivity index (χ2v) is 10.1. The van der Waals surface area contributed by atoms with Gasteiger partial charge in [-0.3, -0.25) is 19.2 Å². The summed E-state index contributed by atoms with van der Waals surface area (Å²) in [4.78, 5) is 49.0. The second kappa shape index (κ2) is 24.0. The highest BCUT2D eigenvalue weighted by Crippen LogP contribution is 2.13. The number of nitrogens with one attached hydrogen (secondary N) is 3. The van der Waals surface area contributed by atoms with Crippen LogP contribution in [0.4, 0.5) is 0 Å². The Morgan fingerprint density at radius 1 is 0.632 bits per heavy atom. The van der Waals surface area contributed by atoms with E-state index < -0.39 is 48.9 Å². The summed E-state index contributed by atoms with van der Waals surface area (Å²) in [5.41, 5.74) is 5.57. The third-order valence-corrected chi connectivity index (χ3v) is 6.66. The average molecular weight is 543 g/mol. The highest BCUT2D eigenvalue weighted by molar-refractivity contribution is 5.94. The van der Waals surface area contributed by atoms with Gasteiger partial charge in [-0.25, -0.2) is 0 Å². The number of aliphatic hydroxyl groups is 2. The Morgan fingerprint density at radius 2 is 1.08 bits per heavy atom. The van der Waals surface area contributed by atoms with Gasteiger partial charge >= 0.3 is 0 Å². The van der Waals surface area contributed by atoms with Crippen molar-refractivity contribution in [2.75, 3.05) is 19.8 Å². The first kappa shape index (κ1) is 36.0. The van der Waals surface area contributed by atoms with Gasteiger partial charge in [0.05, 0.1) is 13.2 Å². The molecule has 0 aliphatic heterocycles. The van der Waals surface area contributed by atoms with Crippen LogP contribution in [-0.2, 0) is 19.2 Å².